The predicted octanol–water partition coefficient (Wildman–Crippen LogP) is 6.69. The maximum atomic E-state index is 2.33. The lowest BCUT2D eigenvalue weighted by Crippen LogP contribution is -2.29. The van der Waals surface area contributed by atoms with Crippen molar-refractivity contribution >= 4 is 0 Å². The van der Waals surface area contributed by atoms with E-state index in [1.165, 1.54) is 33.4 Å². The number of benzene rings is 3. The highest BCUT2D eigenvalue weighted by atomic mass is 14.5. The summed E-state index contributed by atoms with van der Waals surface area (Å²) < 4.78 is 0. The second-order valence-electron chi connectivity index (χ2n) is 7.43. The summed E-state index contributed by atoms with van der Waals surface area (Å²) in [5.74, 6) is 0.443. The van der Waals surface area contributed by atoms with Gasteiger partial charge < -0.3 is 0 Å². The lowest BCUT2D eigenvalue weighted by Gasteiger charge is -2.34. The third kappa shape index (κ3) is 2.30. The van der Waals surface area contributed by atoms with Gasteiger partial charge in [0, 0.05) is 0 Å². The molecule has 130 valence electrons. The molecular weight excluding hydrogens is 324 g/mol. The Kier molecular flexibility index (Phi) is 3.72. The largest absolute Gasteiger partial charge is 0.0779 e. The summed E-state index contributed by atoms with van der Waals surface area (Å²) in [6, 6.07) is 28.7. The standard InChI is InChI=1S/C27H22/c1-20-10-9-13-22(19-18-20)27(21-11-3-2-4-12-21)25-16-7-5-14-23(25)24-15-6-8-17-26(24)27/h2-20H,1H3/t20-/m1/s1. The zero-order valence-electron chi connectivity index (χ0n) is 15.5. The van der Waals surface area contributed by atoms with Crippen molar-refractivity contribution in [1.82, 2.24) is 0 Å². The summed E-state index contributed by atoms with van der Waals surface area (Å²) in [6.07, 6.45) is 11.4. The van der Waals surface area contributed by atoms with Gasteiger partial charge in [-0.2, -0.15) is 0 Å². The summed E-state index contributed by atoms with van der Waals surface area (Å²) in [7, 11) is 0. The first-order valence-corrected chi connectivity index (χ1v) is 9.64. The fraction of sp³-hybridized carbons (Fsp3) is 0.111. The van der Waals surface area contributed by atoms with Gasteiger partial charge in [0.25, 0.3) is 0 Å². The molecule has 2 aliphatic carbocycles. The molecule has 0 unspecified atom stereocenters. The molecule has 0 amide bonds. The molecule has 0 radical (unpaired) electrons. The van der Waals surface area contributed by atoms with Crippen LogP contribution in [0.15, 0.2) is 115 Å². The van der Waals surface area contributed by atoms with Crippen LogP contribution in [0.1, 0.15) is 23.6 Å². The average Bonchev–Trinajstić information content (AvgIpc) is 2.85. The summed E-state index contributed by atoms with van der Waals surface area (Å²) in [5, 5.41) is 0. The van der Waals surface area contributed by atoms with Crippen LogP contribution in [-0.4, -0.2) is 0 Å². The van der Waals surface area contributed by atoms with E-state index in [2.05, 4.69) is 116 Å². The second-order valence-corrected chi connectivity index (χ2v) is 7.43. The Morgan fingerprint density at radius 1 is 0.667 bits per heavy atom. The van der Waals surface area contributed by atoms with Gasteiger partial charge in [0.1, 0.15) is 0 Å². The fourth-order valence-electron chi connectivity index (χ4n) is 4.67. The zero-order chi connectivity index (χ0) is 18.3. The van der Waals surface area contributed by atoms with Crippen molar-refractivity contribution in [2.24, 2.45) is 5.92 Å². The van der Waals surface area contributed by atoms with Gasteiger partial charge in [-0.25, -0.2) is 0 Å². The quantitative estimate of drug-likeness (QED) is 0.485. The third-order valence-corrected chi connectivity index (χ3v) is 5.86. The monoisotopic (exact) mass is 346 g/mol. The van der Waals surface area contributed by atoms with Crippen LogP contribution in [0.4, 0.5) is 0 Å². The van der Waals surface area contributed by atoms with Gasteiger partial charge in [-0.15, -0.1) is 0 Å². The lowest BCUT2D eigenvalue weighted by atomic mass is 9.67. The molecule has 1 atom stereocenters. The smallest absolute Gasteiger partial charge is 0.0713 e. The molecule has 0 aromatic heterocycles. The first kappa shape index (κ1) is 16.1. The highest BCUT2D eigenvalue weighted by Crippen LogP contribution is 2.56. The van der Waals surface area contributed by atoms with Crippen molar-refractivity contribution in [1.29, 1.82) is 0 Å². The van der Waals surface area contributed by atoms with Crippen LogP contribution in [0.5, 0.6) is 0 Å². The highest BCUT2D eigenvalue weighted by molar-refractivity contribution is 5.86. The molecule has 0 saturated heterocycles. The minimum atomic E-state index is -0.278. The van der Waals surface area contributed by atoms with Crippen LogP contribution < -0.4 is 0 Å². The molecule has 0 spiro atoms. The highest BCUT2D eigenvalue weighted by Gasteiger charge is 2.46. The van der Waals surface area contributed by atoms with E-state index in [0.717, 1.165) is 0 Å². The number of hydrogen-bond acceptors (Lipinski definition) is 0. The Labute approximate surface area is 161 Å². The Hall–Kier alpha value is -3.12. The van der Waals surface area contributed by atoms with E-state index in [1.807, 2.05) is 0 Å². The van der Waals surface area contributed by atoms with Crippen LogP contribution in [-0.2, 0) is 5.41 Å². The zero-order valence-corrected chi connectivity index (χ0v) is 15.5. The molecule has 0 heterocycles. The van der Waals surface area contributed by atoms with E-state index in [0.29, 0.717) is 5.92 Å². The topological polar surface area (TPSA) is 0 Å². The normalized spacial score (nSPS) is 19.1. The lowest BCUT2D eigenvalue weighted by molar-refractivity contribution is 0.766. The van der Waals surface area contributed by atoms with Gasteiger partial charge in [0.2, 0.25) is 0 Å². The van der Waals surface area contributed by atoms with Crippen LogP contribution in [0.3, 0.4) is 0 Å². The van der Waals surface area contributed by atoms with Crippen molar-refractivity contribution in [2.75, 3.05) is 0 Å². The van der Waals surface area contributed by atoms with E-state index in [4.69, 9.17) is 0 Å². The predicted molar refractivity (Wildman–Crippen MR) is 114 cm³/mol. The maximum Gasteiger partial charge on any atom is 0.0713 e. The Bertz CT molecular complexity index is 1030. The molecule has 27 heavy (non-hydrogen) atoms. The van der Waals surface area contributed by atoms with Crippen LogP contribution in [0.2, 0.25) is 0 Å². The van der Waals surface area contributed by atoms with Gasteiger partial charge >= 0.3 is 0 Å². The van der Waals surface area contributed by atoms with E-state index >= 15 is 0 Å². The summed E-state index contributed by atoms with van der Waals surface area (Å²) in [4.78, 5) is 0. The van der Waals surface area contributed by atoms with Gasteiger partial charge in [-0.05, 0) is 39.3 Å². The molecule has 2 aliphatic rings. The van der Waals surface area contributed by atoms with Crippen LogP contribution in [0, 0.1) is 5.92 Å². The summed E-state index contributed by atoms with van der Waals surface area (Å²) in [6.45, 7) is 2.23. The molecule has 0 saturated carbocycles. The molecule has 0 N–H and O–H groups in total. The number of fused-ring (bicyclic) bond motifs is 3. The third-order valence-electron chi connectivity index (χ3n) is 5.86. The Morgan fingerprint density at radius 2 is 1.26 bits per heavy atom. The van der Waals surface area contributed by atoms with Crippen molar-refractivity contribution < 1.29 is 0 Å². The van der Waals surface area contributed by atoms with Crippen molar-refractivity contribution in [3.05, 3.63) is 132 Å². The minimum Gasteiger partial charge on any atom is -0.0779 e. The molecule has 0 heteroatoms. The fourth-order valence-corrected chi connectivity index (χ4v) is 4.67. The van der Waals surface area contributed by atoms with E-state index < -0.39 is 0 Å². The van der Waals surface area contributed by atoms with Gasteiger partial charge in [0.15, 0.2) is 0 Å². The SMILES string of the molecule is C[C@@H]1C=CC=C(C2(c3ccccc3)c3ccccc3-c3ccccc32)C=C1. The molecule has 0 bridgehead atoms. The van der Waals surface area contributed by atoms with Crippen LogP contribution in [0.25, 0.3) is 11.1 Å². The summed E-state index contributed by atoms with van der Waals surface area (Å²) >= 11 is 0. The van der Waals surface area contributed by atoms with Crippen molar-refractivity contribution in [3.63, 3.8) is 0 Å². The van der Waals surface area contributed by atoms with Gasteiger partial charge in [-0.3, -0.25) is 0 Å². The van der Waals surface area contributed by atoms with E-state index in [9.17, 15) is 0 Å². The Balaban J connectivity index is 1.92. The molecule has 3 aromatic carbocycles. The Morgan fingerprint density at radius 3 is 1.93 bits per heavy atom. The molecule has 5 rings (SSSR count). The first-order valence-electron chi connectivity index (χ1n) is 9.64. The molecule has 0 aliphatic heterocycles. The van der Waals surface area contributed by atoms with Crippen LogP contribution >= 0.6 is 0 Å². The van der Waals surface area contributed by atoms with E-state index in [-0.39, 0.29) is 5.41 Å². The average molecular weight is 346 g/mol. The molecular formula is C27H22. The van der Waals surface area contributed by atoms with Crippen molar-refractivity contribution in [2.45, 2.75) is 12.3 Å². The van der Waals surface area contributed by atoms with Gasteiger partial charge in [-0.1, -0.05) is 116 Å². The van der Waals surface area contributed by atoms with E-state index in [1.54, 1.807) is 0 Å². The summed E-state index contributed by atoms with van der Waals surface area (Å²) in [5.41, 5.74) is 7.79. The number of rotatable bonds is 2. The maximum absolute atomic E-state index is 2.33. The molecule has 0 nitrogen and oxygen atoms in total. The first-order chi connectivity index (χ1) is 13.3. The number of hydrogen-bond donors (Lipinski definition) is 0. The number of allylic oxidation sites excluding steroid dienone is 6. The molecule has 0 fully saturated rings. The van der Waals surface area contributed by atoms with Gasteiger partial charge in [0.05, 0.1) is 5.41 Å². The van der Waals surface area contributed by atoms with Crippen molar-refractivity contribution in [3.8, 4) is 11.1 Å². The second kappa shape index (κ2) is 6.25. The molecule has 3 aromatic rings. The minimum absolute atomic E-state index is 0.278.